The minimum atomic E-state index is -0.654. The lowest BCUT2D eigenvalue weighted by Crippen LogP contribution is -2.34. The first kappa shape index (κ1) is 28.4. The molecule has 4 heteroatoms. The van der Waals surface area contributed by atoms with E-state index in [1.807, 2.05) is 60.7 Å². The van der Waals surface area contributed by atoms with Crippen LogP contribution in [0.5, 0.6) is 11.5 Å². The van der Waals surface area contributed by atoms with Crippen LogP contribution >= 0.6 is 0 Å². The Balaban J connectivity index is 1.30. The maximum absolute atomic E-state index is 6.63. The van der Waals surface area contributed by atoms with Crippen LogP contribution in [-0.2, 0) is 5.41 Å². The normalized spacial score (nSPS) is 13.1. The molecule has 1 aliphatic carbocycles. The summed E-state index contributed by atoms with van der Waals surface area (Å²) in [7, 11) is 0. The number of aromatic nitrogens is 3. The van der Waals surface area contributed by atoms with Crippen molar-refractivity contribution in [3.05, 3.63) is 198 Å². The molecule has 0 saturated carbocycles. The van der Waals surface area contributed by atoms with Crippen molar-refractivity contribution in [2.24, 2.45) is 0 Å². The molecule has 0 atom stereocenters. The van der Waals surface area contributed by atoms with Crippen molar-refractivity contribution in [2.75, 3.05) is 0 Å². The zero-order chi connectivity index (χ0) is 33.1. The lowest BCUT2D eigenvalue weighted by atomic mass is 9.62. The summed E-state index contributed by atoms with van der Waals surface area (Å²) < 4.78 is 6.63. The van der Waals surface area contributed by atoms with Crippen molar-refractivity contribution < 1.29 is 4.74 Å². The SMILES string of the molecule is c1ccc(-c2nc(-c3ccccc3)nc(-c3ccc4c(c3)-c3ccccc3-c3ccccc3C43c4ccccc4Oc4ccccc43)n2)cc1. The van der Waals surface area contributed by atoms with Crippen LogP contribution in [0.4, 0.5) is 0 Å². The van der Waals surface area contributed by atoms with Gasteiger partial charge in [0.2, 0.25) is 0 Å². The van der Waals surface area contributed by atoms with Crippen LogP contribution in [0.15, 0.2) is 176 Å². The summed E-state index contributed by atoms with van der Waals surface area (Å²) in [5, 5.41) is 0. The Morgan fingerprint density at radius 2 is 0.740 bits per heavy atom. The van der Waals surface area contributed by atoms with Crippen LogP contribution in [0, 0.1) is 0 Å². The smallest absolute Gasteiger partial charge is 0.164 e. The Morgan fingerprint density at radius 3 is 1.32 bits per heavy atom. The Bertz CT molecular complexity index is 2480. The third-order valence-electron chi connectivity index (χ3n) is 10.0. The molecular weight excluding hydrogens is 611 g/mol. The number of para-hydroxylation sites is 2. The standard InChI is InChI=1S/C46H29N3O/c1-3-15-30(16-4-1)43-47-44(31-17-5-2-6-18-31)49-45(48-43)32-27-28-38-36(29-32)34-20-8-7-19-33(34)35-21-9-10-22-37(35)46(38)39-23-11-13-25-41(39)50-42-26-14-12-24-40(42)46/h1-29H. The molecule has 10 rings (SSSR count). The van der Waals surface area contributed by atoms with Crippen LogP contribution in [0.3, 0.4) is 0 Å². The molecule has 0 amide bonds. The van der Waals surface area contributed by atoms with Crippen LogP contribution in [0.1, 0.15) is 22.3 Å². The number of nitrogens with zero attached hydrogens (tertiary/aromatic N) is 3. The molecule has 4 nitrogen and oxygen atoms in total. The zero-order valence-electron chi connectivity index (χ0n) is 27.0. The van der Waals surface area contributed by atoms with Crippen LogP contribution in [0.2, 0.25) is 0 Å². The van der Waals surface area contributed by atoms with Crippen LogP contribution < -0.4 is 4.74 Å². The first-order valence-corrected chi connectivity index (χ1v) is 16.9. The molecule has 0 fully saturated rings. The molecule has 234 valence electrons. The van der Waals surface area contributed by atoms with E-state index >= 15 is 0 Å². The minimum Gasteiger partial charge on any atom is -0.457 e. The molecule has 1 aliphatic heterocycles. The van der Waals surface area contributed by atoms with Gasteiger partial charge in [0.15, 0.2) is 17.5 Å². The highest BCUT2D eigenvalue weighted by atomic mass is 16.5. The largest absolute Gasteiger partial charge is 0.457 e. The number of ether oxygens (including phenoxy) is 1. The van der Waals surface area contributed by atoms with Crippen molar-refractivity contribution in [1.29, 1.82) is 0 Å². The van der Waals surface area contributed by atoms with Gasteiger partial charge in [-0.15, -0.1) is 0 Å². The van der Waals surface area contributed by atoms with Gasteiger partial charge in [0, 0.05) is 27.8 Å². The van der Waals surface area contributed by atoms with E-state index in [0.717, 1.165) is 50.4 Å². The van der Waals surface area contributed by atoms with Crippen molar-refractivity contribution in [3.63, 3.8) is 0 Å². The van der Waals surface area contributed by atoms with Gasteiger partial charge in [-0.3, -0.25) is 0 Å². The highest BCUT2D eigenvalue weighted by molar-refractivity contribution is 5.94. The van der Waals surface area contributed by atoms with E-state index in [1.165, 1.54) is 22.3 Å². The predicted molar refractivity (Wildman–Crippen MR) is 199 cm³/mol. The van der Waals surface area contributed by atoms with Gasteiger partial charge < -0.3 is 4.74 Å². The Hall–Kier alpha value is -6.65. The topological polar surface area (TPSA) is 47.9 Å². The number of benzene rings is 7. The van der Waals surface area contributed by atoms with Crippen LogP contribution in [0.25, 0.3) is 56.4 Å². The van der Waals surface area contributed by atoms with Gasteiger partial charge in [-0.1, -0.05) is 158 Å². The second kappa shape index (κ2) is 11.2. The summed E-state index contributed by atoms with van der Waals surface area (Å²) >= 11 is 0. The number of rotatable bonds is 3. The maximum Gasteiger partial charge on any atom is 0.164 e. The lowest BCUT2D eigenvalue weighted by Gasteiger charge is -2.42. The first-order chi connectivity index (χ1) is 24.8. The molecule has 0 N–H and O–H groups in total. The molecule has 50 heavy (non-hydrogen) atoms. The molecule has 0 radical (unpaired) electrons. The second-order valence-electron chi connectivity index (χ2n) is 12.7. The molecule has 0 saturated heterocycles. The average molecular weight is 640 g/mol. The third-order valence-corrected chi connectivity index (χ3v) is 10.0. The van der Waals surface area contributed by atoms with E-state index < -0.39 is 5.41 Å². The van der Waals surface area contributed by atoms with Gasteiger partial charge in [-0.2, -0.15) is 0 Å². The first-order valence-electron chi connectivity index (χ1n) is 16.9. The fourth-order valence-corrected chi connectivity index (χ4v) is 7.89. The van der Waals surface area contributed by atoms with Crippen molar-refractivity contribution in [2.45, 2.75) is 5.41 Å². The molecule has 8 aromatic rings. The molecule has 2 heterocycles. The molecule has 7 aromatic carbocycles. The average Bonchev–Trinajstić information content (AvgIpc) is 3.30. The Morgan fingerprint density at radius 1 is 0.320 bits per heavy atom. The third kappa shape index (κ3) is 4.22. The van der Waals surface area contributed by atoms with Crippen molar-refractivity contribution in [3.8, 4) is 67.9 Å². The van der Waals surface area contributed by atoms with Gasteiger partial charge >= 0.3 is 0 Å². The maximum atomic E-state index is 6.63. The number of hydrogen-bond acceptors (Lipinski definition) is 4. The van der Waals surface area contributed by atoms with Crippen molar-refractivity contribution in [1.82, 2.24) is 15.0 Å². The summed E-state index contributed by atoms with van der Waals surface area (Å²) in [4.78, 5) is 15.1. The van der Waals surface area contributed by atoms with E-state index in [4.69, 9.17) is 19.7 Å². The predicted octanol–water partition coefficient (Wildman–Crippen LogP) is 11.0. The second-order valence-corrected chi connectivity index (χ2v) is 12.7. The van der Waals surface area contributed by atoms with Gasteiger partial charge in [-0.25, -0.2) is 15.0 Å². The summed E-state index contributed by atoms with van der Waals surface area (Å²) in [6.45, 7) is 0. The molecule has 2 aliphatic rings. The Kier molecular flexibility index (Phi) is 6.36. The molecule has 1 aromatic heterocycles. The Labute approximate surface area is 290 Å². The van der Waals surface area contributed by atoms with Gasteiger partial charge in [0.1, 0.15) is 11.5 Å². The number of fused-ring (bicyclic) bond motifs is 11. The highest BCUT2D eigenvalue weighted by Crippen LogP contribution is 2.60. The van der Waals surface area contributed by atoms with Gasteiger partial charge in [0.05, 0.1) is 5.41 Å². The molecular formula is C46H29N3O. The van der Waals surface area contributed by atoms with E-state index in [1.54, 1.807) is 0 Å². The fraction of sp³-hybridized carbons (Fsp3) is 0.0217. The van der Waals surface area contributed by atoms with Crippen LogP contribution in [-0.4, -0.2) is 15.0 Å². The highest BCUT2D eigenvalue weighted by Gasteiger charge is 2.49. The lowest BCUT2D eigenvalue weighted by molar-refractivity contribution is 0.435. The summed E-state index contributed by atoms with van der Waals surface area (Å²) in [5.74, 6) is 3.63. The van der Waals surface area contributed by atoms with E-state index in [0.29, 0.717) is 17.5 Å². The molecule has 1 spiro atoms. The fourth-order valence-electron chi connectivity index (χ4n) is 7.89. The molecule has 0 bridgehead atoms. The molecule has 0 unspecified atom stereocenters. The minimum absolute atomic E-state index is 0.626. The van der Waals surface area contributed by atoms with E-state index in [2.05, 4.69) is 115 Å². The number of hydrogen-bond donors (Lipinski definition) is 0. The summed E-state index contributed by atoms with van der Waals surface area (Å²) in [5.41, 5.74) is 11.5. The van der Waals surface area contributed by atoms with E-state index in [-0.39, 0.29) is 0 Å². The summed E-state index contributed by atoms with van der Waals surface area (Å²) in [6.07, 6.45) is 0. The van der Waals surface area contributed by atoms with E-state index in [9.17, 15) is 0 Å². The van der Waals surface area contributed by atoms with Gasteiger partial charge in [0.25, 0.3) is 0 Å². The zero-order valence-corrected chi connectivity index (χ0v) is 27.0. The van der Waals surface area contributed by atoms with Crippen molar-refractivity contribution >= 4 is 0 Å². The monoisotopic (exact) mass is 639 g/mol. The summed E-state index contributed by atoms with van der Waals surface area (Å²) in [6, 6.07) is 61.5. The quantitative estimate of drug-likeness (QED) is 0.193. The van der Waals surface area contributed by atoms with Gasteiger partial charge in [-0.05, 0) is 51.6 Å².